The quantitative estimate of drug-likeness (QED) is 0.569. The molecule has 0 spiro atoms. The minimum Gasteiger partial charge on any atom is -0.489 e. The van der Waals surface area contributed by atoms with E-state index in [0.29, 0.717) is 13.2 Å². The monoisotopic (exact) mass is 381 g/mol. The molecule has 0 saturated carbocycles. The zero-order valence-electron chi connectivity index (χ0n) is 13.6. The Morgan fingerprint density at radius 3 is 2.54 bits per heavy atom. The van der Waals surface area contributed by atoms with E-state index in [-0.39, 0.29) is 0 Å². The number of aryl methyl sites for hydroxylation is 1. The van der Waals surface area contributed by atoms with Gasteiger partial charge in [0.25, 0.3) is 0 Å². The van der Waals surface area contributed by atoms with Crippen molar-refractivity contribution in [1.82, 2.24) is 0 Å². The van der Waals surface area contributed by atoms with Gasteiger partial charge >= 0.3 is 0 Å². The molecule has 122 valence electrons. The van der Waals surface area contributed by atoms with Crippen LogP contribution in [0.3, 0.4) is 0 Å². The molecule has 3 aromatic carbocycles. The summed E-state index contributed by atoms with van der Waals surface area (Å²) in [4.78, 5) is 0. The van der Waals surface area contributed by atoms with Gasteiger partial charge in [0.2, 0.25) is 0 Å². The highest BCUT2D eigenvalue weighted by atomic mass is 79.9. The third-order valence-electron chi connectivity index (χ3n) is 3.76. The Kier molecular flexibility index (Phi) is 5.55. The smallest absolute Gasteiger partial charge is 0.124 e. The SMILES string of the molecule is Cc1cccc(COc2ccc(Br)cc2CNc2ccccc2)c1. The number of nitrogens with one attached hydrogen (secondary N) is 1. The number of para-hydroxylation sites is 1. The maximum Gasteiger partial charge on any atom is 0.124 e. The highest BCUT2D eigenvalue weighted by molar-refractivity contribution is 9.10. The maximum atomic E-state index is 6.06. The number of ether oxygens (including phenoxy) is 1. The van der Waals surface area contributed by atoms with Crippen LogP contribution in [0.5, 0.6) is 5.75 Å². The third-order valence-corrected chi connectivity index (χ3v) is 4.25. The molecule has 3 aromatic rings. The van der Waals surface area contributed by atoms with Gasteiger partial charge in [0.05, 0.1) is 0 Å². The van der Waals surface area contributed by atoms with Gasteiger partial charge in [0.15, 0.2) is 0 Å². The van der Waals surface area contributed by atoms with E-state index in [0.717, 1.165) is 21.5 Å². The molecule has 2 nitrogen and oxygen atoms in total. The average molecular weight is 382 g/mol. The lowest BCUT2D eigenvalue weighted by molar-refractivity contribution is 0.303. The van der Waals surface area contributed by atoms with Gasteiger partial charge in [-0.15, -0.1) is 0 Å². The van der Waals surface area contributed by atoms with E-state index in [1.54, 1.807) is 0 Å². The molecule has 0 aliphatic rings. The molecule has 0 atom stereocenters. The molecular weight excluding hydrogens is 362 g/mol. The van der Waals surface area contributed by atoms with Crippen LogP contribution in [0.4, 0.5) is 5.69 Å². The molecule has 1 N–H and O–H groups in total. The maximum absolute atomic E-state index is 6.06. The van der Waals surface area contributed by atoms with Crippen molar-refractivity contribution in [2.75, 3.05) is 5.32 Å². The lowest BCUT2D eigenvalue weighted by atomic mass is 10.1. The highest BCUT2D eigenvalue weighted by Gasteiger charge is 2.06. The first-order chi connectivity index (χ1) is 11.7. The van der Waals surface area contributed by atoms with Crippen molar-refractivity contribution >= 4 is 21.6 Å². The van der Waals surface area contributed by atoms with Crippen LogP contribution in [0.15, 0.2) is 77.3 Å². The Labute approximate surface area is 151 Å². The molecule has 0 aliphatic heterocycles. The summed E-state index contributed by atoms with van der Waals surface area (Å²) >= 11 is 3.54. The van der Waals surface area contributed by atoms with Gasteiger partial charge < -0.3 is 10.1 Å². The minimum atomic E-state index is 0.571. The largest absolute Gasteiger partial charge is 0.489 e. The third kappa shape index (κ3) is 4.62. The molecule has 3 heteroatoms. The Bertz CT molecular complexity index is 802. The van der Waals surface area contributed by atoms with Gasteiger partial charge in [-0.25, -0.2) is 0 Å². The van der Waals surface area contributed by atoms with Crippen molar-refractivity contribution in [3.05, 3.63) is 94.0 Å². The van der Waals surface area contributed by atoms with Crippen LogP contribution >= 0.6 is 15.9 Å². The van der Waals surface area contributed by atoms with E-state index < -0.39 is 0 Å². The van der Waals surface area contributed by atoms with Crippen molar-refractivity contribution in [2.24, 2.45) is 0 Å². The van der Waals surface area contributed by atoms with E-state index in [2.05, 4.69) is 70.6 Å². The lowest BCUT2D eigenvalue weighted by Crippen LogP contribution is -2.04. The highest BCUT2D eigenvalue weighted by Crippen LogP contribution is 2.25. The number of hydrogen-bond acceptors (Lipinski definition) is 2. The van der Waals surface area contributed by atoms with Crippen LogP contribution in [0.2, 0.25) is 0 Å². The van der Waals surface area contributed by atoms with Gasteiger partial charge in [0, 0.05) is 22.3 Å². The van der Waals surface area contributed by atoms with E-state index in [9.17, 15) is 0 Å². The predicted octanol–water partition coefficient (Wildman–Crippen LogP) is 5.95. The van der Waals surface area contributed by atoms with Crippen LogP contribution in [-0.2, 0) is 13.2 Å². The molecular formula is C21H20BrNO. The Hall–Kier alpha value is -2.26. The zero-order chi connectivity index (χ0) is 16.8. The molecule has 0 aliphatic carbocycles. The summed E-state index contributed by atoms with van der Waals surface area (Å²) in [6, 6.07) is 24.7. The van der Waals surface area contributed by atoms with Crippen molar-refractivity contribution in [1.29, 1.82) is 0 Å². The Morgan fingerprint density at radius 2 is 1.75 bits per heavy atom. The normalized spacial score (nSPS) is 10.4. The second-order valence-corrected chi connectivity index (χ2v) is 6.67. The standard InChI is InChI=1S/C21H20BrNO/c1-16-6-5-7-17(12-16)15-24-21-11-10-19(22)13-18(21)14-23-20-8-3-2-4-9-20/h2-13,23H,14-15H2,1H3. The summed E-state index contributed by atoms with van der Waals surface area (Å²) in [5.74, 6) is 0.906. The van der Waals surface area contributed by atoms with Crippen LogP contribution < -0.4 is 10.1 Å². The molecule has 0 aromatic heterocycles. The second-order valence-electron chi connectivity index (χ2n) is 5.75. The number of rotatable bonds is 6. The number of anilines is 1. The first-order valence-electron chi connectivity index (χ1n) is 7.96. The van der Waals surface area contributed by atoms with E-state index in [1.807, 2.05) is 30.3 Å². The number of hydrogen-bond donors (Lipinski definition) is 1. The van der Waals surface area contributed by atoms with E-state index >= 15 is 0 Å². The van der Waals surface area contributed by atoms with Crippen LogP contribution in [-0.4, -0.2) is 0 Å². The minimum absolute atomic E-state index is 0.571. The van der Waals surface area contributed by atoms with Crippen LogP contribution in [0, 0.1) is 6.92 Å². The summed E-state index contributed by atoms with van der Waals surface area (Å²) < 4.78 is 7.11. The average Bonchev–Trinajstić information content (AvgIpc) is 2.60. The lowest BCUT2D eigenvalue weighted by Gasteiger charge is -2.14. The first kappa shape index (κ1) is 16.6. The predicted molar refractivity (Wildman–Crippen MR) is 103 cm³/mol. The fraction of sp³-hybridized carbons (Fsp3) is 0.143. The summed E-state index contributed by atoms with van der Waals surface area (Å²) in [5, 5.41) is 3.44. The fourth-order valence-electron chi connectivity index (χ4n) is 2.54. The summed E-state index contributed by atoms with van der Waals surface area (Å²) in [5.41, 5.74) is 4.65. The Balaban J connectivity index is 1.70. The number of benzene rings is 3. The van der Waals surface area contributed by atoms with Crippen molar-refractivity contribution in [3.8, 4) is 5.75 Å². The second kappa shape index (κ2) is 8.02. The molecule has 0 saturated heterocycles. The molecule has 0 heterocycles. The molecule has 3 rings (SSSR count). The fourth-order valence-corrected chi connectivity index (χ4v) is 2.95. The van der Waals surface area contributed by atoms with E-state index in [1.165, 1.54) is 11.1 Å². The zero-order valence-corrected chi connectivity index (χ0v) is 15.2. The van der Waals surface area contributed by atoms with Crippen molar-refractivity contribution < 1.29 is 4.74 Å². The topological polar surface area (TPSA) is 21.3 Å². The van der Waals surface area contributed by atoms with Crippen LogP contribution in [0.1, 0.15) is 16.7 Å². The first-order valence-corrected chi connectivity index (χ1v) is 8.76. The van der Waals surface area contributed by atoms with Gasteiger partial charge in [-0.2, -0.15) is 0 Å². The number of halogens is 1. The summed E-state index contributed by atoms with van der Waals surface area (Å²) in [6.07, 6.45) is 0. The van der Waals surface area contributed by atoms with Crippen molar-refractivity contribution in [3.63, 3.8) is 0 Å². The van der Waals surface area contributed by atoms with Gasteiger partial charge in [-0.1, -0.05) is 64.0 Å². The molecule has 0 bridgehead atoms. The molecule has 0 fully saturated rings. The van der Waals surface area contributed by atoms with Crippen molar-refractivity contribution in [2.45, 2.75) is 20.1 Å². The summed E-state index contributed by atoms with van der Waals surface area (Å²) in [7, 11) is 0. The Morgan fingerprint density at radius 1 is 0.917 bits per heavy atom. The summed E-state index contributed by atoms with van der Waals surface area (Å²) in [6.45, 7) is 3.38. The van der Waals surface area contributed by atoms with Crippen LogP contribution in [0.25, 0.3) is 0 Å². The van der Waals surface area contributed by atoms with Gasteiger partial charge in [-0.05, 0) is 42.8 Å². The van der Waals surface area contributed by atoms with Gasteiger partial charge in [0.1, 0.15) is 12.4 Å². The van der Waals surface area contributed by atoms with E-state index in [4.69, 9.17) is 4.74 Å². The molecule has 0 amide bonds. The molecule has 0 radical (unpaired) electrons. The van der Waals surface area contributed by atoms with Gasteiger partial charge in [-0.3, -0.25) is 0 Å². The molecule has 24 heavy (non-hydrogen) atoms. The molecule has 0 unspecified atom stereocenters.